The number of imide groups is 1. The average Bonchev–Trinajstić information content (AvgIpc) is 2.81. The highest BCUT2D eigenvalue weighted by Crippen LogP contribution is 2.36. The number of hydroxylamine groups is 2. The molecule has 0 radical (unpaired) electrons. The van der Waals surface area contributed by atoms with Crippen LogP contribution in [0.15, 0.2) is 36.9 Å². The Hall–Kier alpha value is -1.76. The molecule has 26 heavy (non-hydrogen) atoms. The van der Waals surface area contributed by atoms with Gasteiger partial charge >= 0.3 is 0 Å². The smallest absolute Gasteiger partial charge is 0.285 e. The molecule has 1 aliphatic heterocycles. The van der Waals surface area contributed by atoms with E-state index in [1.165, 1.54) is 0 Å². The molecule has 0 saturated carbocycles. The van der Waals surface area contributed by atoms with Crippen LogP contribution in [0.25, 0.3) is 0 Å². The summed E-state index contributed by atoms with van der Waals surface area (Å²) in [6.45, 7) is 15.4. The molecule has 5 nitrogen and oxygen atoms in total. The van der Waals surface area contributed by atoms with Crippen LogP contribution in [0.2, 0.25) is 18.1 Å². The highest BCUT2D eigenvalue weighted by Gasteiger charge is 2.38. The van der Waals surface area contributed by atoms with Crippen molar-refractivity contribution >= 4 is 20.1 Å². The van der Waals surface area contributed by atoms with Crippen molar-refractivity contribution < 1.29 is 18.9 Å². The summed E-state index contributed by atoms with van der Waals surface area (Å²) in [5.41, 5.74) is 0.753. The summed E-state index contributed by atoms with van der Waals surface area (Å²) in [7, 11) is -1.77. The van der Waals surface area contributed by atoms with E-state index in [0.29, 0.717) is 24.2 Å². The van der Waals surface area contributed by atoms with Crippen molar-refractivity contribution in [3.05, 3.63) is 48.0 Å². The number of hydrogen-bond acceptors (Lipinski definition) is 4. The fraction of sp³-hybridized carbons (Fsp3) is 0.500. The number of nitrogens with zero attached hydrogens (tertiary/aromatic N) is 1. The van der Waals surface area contributed by atoms with Crippen molar-refractivity contribution in [3.63, 3.8) is 0 Å². The van der Waals surface area contributed by atoms with Gasteiger partial charge in [-0.2, -0.15) is 0 Å². The van der Waals surface area contributed by atoms with E-state index in [2.05, 4.69) is 40.4 Å². The molecule has 0 bridgehead atoms. The molecule has 1 atom stereocenters. The number of fused-ring (bicyclic) bond motifs is 1. The minimum Gasteiger partial charge on any atom is -0.417 e. The van der Waals surface area contributed by atoms with Crippen LogP contribution in [0.1, 0.15) is 54.3 Å². The molecule has 1 aromatic carbocycles. The van der Waals surface area contributed by atoms with Crippen molar-refractivity contribution in [1.29, 1.82) is 0 Å². The van der Waals surface area contributed by atoms with Gasteiger partial charge in [-0.1, -0.05) is 39.0 Å². The molecule has 0 unspecified atom stereocenters. The van der Waals surface area contributed by atoms with E-state index in [1.807, 2.05) is 0 Å². The van der Waals surface area contributed by atoms with Gasteiger partial charge in [0.05, 0.1) is 11.1 Å². The van der Waals surface area contributed by atoms with Gasteiger partial charge in [0.2, 0.25) is 0 Å². The molecule has 0 aliphatic carbocycles. The van der Waals surface area contributed by atoms with E-state index in [0.717, 1.165) is 11.5 Å². The number of amides is 2. The standard InChI is InChI=1S/C20H29NO4Si/c1-7-15(11-10-14-24-26(5,6)20(2,3)4)25-21-18(22)16-12-8-9-13-17(16)19(21)23/h7-9,12-13,15H,1,10-11,14H2,2-6H3/t15-/m1/s1. The molecule has 142 valence electrons. The van der Waals surface area contributed by atoms with Gasteiger partial charge in [-0.3, -0.25) is 14.4 Å². The Balaban J connectivity index is 1.88. The van der Waals surface area contributed by atoms with Crippen molar-refractivity contribution in [2.24, 2.45) is 0 Å². The Morgan fingerprint density at radius 1 is 1.15 bits per heavy atom. The highest BCUT2D eigenvalue weighted by molar-refractivity contribution is 6.74. The fourth-order valence-electron chi connectivity index (χ4n) is 2.44. The highest BCUT2D eigenvalue weighted by atomic mass is 28.4. The number of rotatable bonds is 8. The van der Waals surface area contributed by atoms with Gasteiger partial charge in [0.15, 0.2) is 8.32 Å². The van der Waals surface area contributed by atoms with Crippen LogP contribution in [0.3, 0.4) is 0 Å². The molecular weight excluding hydrogens is 346 g/mol. The summed E-state index contributed by atoms with van der Waals surface area (Å²) in [5, 5.41) is 1.02. The Morgan fingerprint density at radius 3 is 2.15 bits per heavy atom. The summed E-state index contributed by atoms with van der Waals surface area (Å²) >= 11 is 0. The Kier molecular flexibility index (Phi) is 6.21. The maximum atomic E-state index is 12.4. The van der Waals surface area contributed by atoms with Gasteiger partial charge in [0.1, 0.15) is 6.10 Å². The zero-order valence-electron chi connectivity index (χ0n) is 16.4. The predicted molar refractivity (Wildman–Crippen MR) is 104 cm³/mol. The van der Waals surface area contributed by atoms with E-state index in [9.17, 15) is 9.59 Å². The first-order valence-corrected chi connectivity index (χ1v) is 11.9. The van der Waals surface area contributed by atoms with Crippen LogP contribution in [0.4, 0.5) is 0 Å². The molecule has 1 heterocycles. The van der Waals surface area contributed by atoms with Crippen LogP contribution in [-0.4, -0.2) is 37.9 Å². The van der Waals surface area contributed by atoms with Gasteiger partial charge in [-0.25, -0.2) is 0 Å². The second-order valence-corrected chi connectivity index (χ2v) is 12.9. The zero-order chi connectivity index (χ0) is 19.5. The van der Waals surface area contributed by atoms with Gasteiger partial charge in [-0.15, -0.1) is 11.6 Å². The molecule has 1 aliphatic rings. The van der Waals surface area contributed by atoms with Crippen molar-refractivity contribution in [1.82, 2.24) is 5.06 Å². The quantitative estimate of drug-likeness (QED) is 0.289. The van der Waals surface area contributed by atoms with Crippen LogP contribution >= 0.6 is 0 Å². The third-order valence-corrected chi connectivity index (χ3v) is 9.70. The molecule has 0 spiro atoms. The normalized spacial score (nSPS) is 16.0. The molecule has 1 aromatic rings. The summed E-state index contributed by atoms with van der Waals surface area (Å²) in [6, 6.07) is 6.73. The number of benzene rings is 1. The maximum absolute atomic E-state index is 12.4. The largest absolute Gasteiger partial charge is 0.417 e. The average molecular weight is 376 g/mol. The molecule has 6 heteroatoms. The maximum Gasteiger partial charge on any atom is 0.285 e. The van der Waals surface area contributed by atoms with Crippen molar-refractivity contribution in [2.75, 3.05) is 6.61 Å². The van der Waals surface area contributed by atoms with Crippen molar-refractivity contribution in [2.45, 2.75) is 57.8 Å². The lowest BCUT2D eigenvalue weighted by Gasteiger charge is -2.36. The summed E-state index contributed by atoms with van der Waals surface area (Å²) in [5.74, 6) is -0.843. The lowest BCUT2D eigenvalue weighted by molar-refractivity contribution is -0.119. The second kappa shape index (κ2) is 7.86. The Labute approximate surface area is 157 Å². The van der Waals surface area contributed by atoms with E-state index in [-0.39, 0.29) is 5.04 Å². The zero-order valence-corrected chi connectivity index (χ0v) is 17.4. The number of carbonyl (C=O) groups excluding carboxylic acids is 2. The molecule has 0 fully saturated rings. The monoisotopic (exact) mass is 375 g/mol. The Bertz CT molecular complexity index is 658. The van der Waals surface area contributed by atoms with E-state index < -0.39 is 26.2 Å². The Morgan fingerprint density at radius 2 is 1.69 bits per heavy atom. The first kappa shape index (κ1) is 20.5. The number of carbonyl (C=O) groups is 2. The SMILES string of the molecule is C=C[C@H](CCCO[Si](C)(C)C(C)(C)C)ON1C(=O)c2ccccc2C1=O. The summed E-state index contributed by atoms with van der Waals surface area (Å²) < 4.78 is 6.15. The van der Waals surface area contributed by atoms with Crippen LogP contribution in [0, 0.1) is 0 Å². The molecule has 2 amide bonds. The molecule has 0 saturated heterocycles. The van der Waals surface area contributed by atoms with Gasteiger partial charge in [0.25, 0.3) is 11.8 Å². The van der Waals surface area contributed by atoms with E-state index >= 15 is 0 Å². The fourth-order valence-corrected chi connectivity index (χ4v) is 3.53. The second-order valence-electron chi connectivity index (χ2n) is 8.08. The lowest BCUT2D eigenvalue weighted by atomic mass is 10.1. The minimum absolute atomic E-state index is 0.168. The van der Waals surface area contributed by atoms with E-state index in [4.69, 9.17) is 9.26 Å². The van der Waals surface area contributed by atoms with Gasteiger partial charge in [-0.05, 0) is 43.1 Å². The lowest BCUT2D eigenvalue weighted by Crippen LogP contribution is -2.41. The first-order valence-electron chi connectivity index (χ1n) is 8.99. The van der Waals surface area contributed by atoms with Gasteiger partial charge < -0.3 is 4.43 Å². The topological polar surface area (TPSA) is 55.8 Å². The minimum atomic E-state index is -1.77. The van der Waals surface area contributed by atoms with E-state index in [1.54, 1.807) is 30.3 Å². The molecular formula is C20H29NO4Si. The third kappa shape index (κ3) is 4.31. The van der Waals surface area contributed by atoms with Crippen LogP contribution in [0.5, 0.6) is 0 Å². The third-order valence-electron chi connectivity index (χ3n) is 5.16. The van der Waals surface area contributed by atoms with Crippen molar-refractivity contribution in [3.8, 4) is 0 Å². The first-order chi connectivity index (χ1) is 12.1. The van der Waals surface area contributed by atoms with Crippen LogP contribution in [-0.2, 0) is 9.26 Å². The molecule has 0 aromatic heterocycles. The molecule has 0 N–H and O–H groups in total. The summed E-state index contributed by atoms with van der Waals surface area (Å²) in [4.78, 5) is 30.4. The summed E-state index contributed by atoms with van der Waals surface area (Å²) in [6.07, 6.45) is 2.61. The predicted octanol–water partition coefficient (Wildman–Crippen LogP) is 4.57. The van der Waals surface area contributed by atoms with Crippen LogP contribution < -0.4 is 0 Å². The molecule has 2 rings (SSSR count). The van der Waals surface area contributed by atoms with Gasteiger partial charge in [0, 0.05) is 6.61 Å². The number of hydrogen-bond donors (Lipinski definition) is 0.